The van der Waals surface area contributed by atoms with E-state index in [1.54, 1.807) is 26.1 Å². The van der Waals surface area contributed by atoms with E-state index in [1.807, 2.05) is 0 Å². The van der Waals surface area contributed by atoms with Crippen molar-refractivity contribution in [2.75, 3.05) is 20.2 Å². The van der Waals surface area contributed by atoms with Crippen molar-refractivity contribution in [3.8, 4) is 5.75 Å². The van der Waals surface area contributed by atoms with Gasteiger partial charge in [-0.25, -0.2) is 4.39 Å². The first kappa shape index (κ1) is 15.1. The molecule has 4 nitrogen and oxygen atoms in total. The molecule has 19 heavy (non-hydrogen) atoms. The van der Waals surface area contributed by atoms with Crippen molar-refractivity contribution < 1.29 is 18.7 Å². The Morgan fingerprint density at radius 3 is 2.58 bits per heavy atom. The Kier molecular flexibility index (Phi) is 5.48. The number of ketones is 1. The lowest BCUT2D eigenvalue weighted by Gasteiger charge is -2.15. The quantitative estimate of drug-likeness (QED) is 0.739. The minimum absolute atomic E-state index is 0.222. The van der Waals surface area contributed by atoms with Gasteiger partial charge in [-0.2, -0.15) is 0 Å². The fourth-order valence-electron chi connectivity index (χ4n) is 1.64. The predicted octanol–water partition coefficient (Wildman–Crippen LogP) is 1.81. The molecule has 104 valence electrons. The van der Waals surface area contributed by atoms with Crippen LogP contribution in [-0.2, 0) is 16.0 Å². The van der Waals surface area contributed by atoms with Crippen molar-refractivity contribution in [1.29, 1.82) is 0 Å². The highest BCUT2D eigenvalue weighted by Gasteiger charge is 2.13. The molecular weight excluding hydrogens is 249 g/mol. The fraction of sp³-hybridized carbons (Fsp3) is 0.429. The molecule has 0 radical (unpaired) electrons. The van der Waals surface area contributed by atoms with Gasteiger partial charge in [0.15, 0.2) is 11.6 Å². The van der Waals surface area contributed by atoms with Gasteiger partial charge in [-0.3, -0.25) is 9.59 Å². The van der Waals surface area contributed by atoms with Crippen LogP contribution in [0, 0.1) is 5.82 Å². The van der Waals surface area contributed by atoms with Gasteiger partial charge < -0.3 is 9.64 Å². The van der Waals surface area contributed by atoms with E-state index in [1.165, 1.54) is 17.9 Å². The van der Waals surface area contributed by atoms with E-state index in [0.717, 1.165) is 5.56 Å². The molecule has 0 atom stereocenters. The lowest BCUT2D eigenvalue weighted by atomic mass is 10.1. The van der Waals surface area contributed by atoms with Crippen molar-refractivity contribution in [2.24, 2.45) is 0 Å². The summed E-state index contributed by atoms with van der Waals surface area (Å²) >= 11 is 0. The van der Waals surface area contributed by atoms with Crippen LogP contribution in [0.3, 0.4) is 0 Å². The summed E-state index contributed by atoms with van der Waals surface area (Å²) in [6.07, 6.45) is 0.485. The van der Waals surface area contributed by atoms with E-state index < -0.39 is 17.5 Å². The molecule has 0 aliphatic rings. The van der Waals surface area contributed by atoms with Gasteiger partial charge in [0.05, 0.1) is 6.61 Å². The summed E-state index contributed by atoms with van der Waals surface area (Å²) in [4.78, 5) is 23.6. The first-order valence-corrected chi connectivity index (χ1v) is 6.13. The second-order valence-corrected chi connectivity index (χ2v) is 4.23. The fourth-order valence-corrected chi connectivity index (χ4v) is 1.64. The summed E-state index contributed by atoms with van der Waals surface area (Å²) in [6.45, 7) is 3.79. The number of rotatable bonds is 6. The number of Topliss-reactive ketones (excluding diaryl/α,β-unsaturated/α-hetero) is 1. The largest absolute Gasteiger partial charge is 0.491 e. The van der Waals surface area contributed by atoms with Crippen molar-refractivity contribution in [3.05, 3.63) is 29.6 Å². The number of benzene rings is 1. The third kappa shape index (κ3) is 4.35. The van der Waals surface area contributed by atoms with Crippen LogP contribution < -0.4 is 4.74 Å². The first-order chi connectivity index (χ1) is 8.95. The van der Waals surface area contributed by atoms with Crippen LogP contribution in [0.25, 0.3) is 0 Å². The standard InChI is InChI=1S/C14H18FNO3/c1-4-19-13-6-5-11(9-12(13)15)7-8-16(3)14(18)10(2)17/h5-6,9H,4,7-8H2,1-3H3. The zero-order chi connectivity index (χ0) is 14.4. The molecule has 0 N–H and O–H groups in total. The smallest absolute Gasteiger partial charge is 0.289 e. The van der Waals surface area contributed by atoms with Crippen LogP contribution in [0.4, 0.5) is 4.39 Å². The van der Waals surface area contributed by atoms with Crippen LogP contribution in [0.5, 0.6) is 5.75 Å². The highest BCUT2D eigenvalue weighted by molar-refractivity contribution is 6.34. The summed E-state index contributed by atoms with van der Waals surface area (Å²) in [6, 6.07) is 4.71. The molecular formula is C14H18FNO3. The van der Waals surface area contributed by atoms with E-state index in [-0.39, 0.29) is 5.75 Å². The average Bonchev–Trinajstić information content (AvgIpc) is 2.38. The van der Waals surface area contributed by atoms with Crippen LogP contribution in [0.2, 0.25) is 0 Å². The highest BCUT2D eigenvalue weighted by atomic mass is 19.1. The van der Waals surface area contributed by atoms with Gasteiger partial charge in [-0.1, -0.05) is 6.07 Å². The molecule has 0 bridgehead atoms. The van der Waals surface area contributed by atoms with Crippen molar-refractivity contribution in [2.45, 2.75) is 20.3 Å². The highest BCUT2D eigenvalue weighted by Crippen LogP contribution is 2.18. The number of nitrogens with zero attached hydrogens (tertiary/aromatic N) is 1. The maximum Gasteiger partial charge on any atom is 0.289 e. The Morgan fingerprint density at radius 1 is 1.37 bits per heavy atom. The third-order valence-corrected chi connectivity index (χ3v) is 2.68. The summed E-state index contributed by atoms with van der Waals surface area (Å²) < 4.78 is 18.7. The number of hydrogen-bond acceptors (Lipinski definition) is 3. The summed E-state index contributed by atoms with van der Waals surface area (Å²) in [7, 11) is 1.55. The minimum Gasteiger partial charge on any atom is -0.491 e. The molecule has 0 unspecified atom stereocenters. The van der Waals surface area contributed by atoms with Crippen LogP contribution in [0.1, 0.15) is 19.4 Å². The van der Waals surface area contributed by atoms with Gasteiger partial charge >= 0.3 is 0 Å². The number of hydrogen-bond donors (Lipinski definition) is 0. The maximum atomic E-state index is 13.6. The number of halogens is 1. The van der Waals surface area contributed by atoms with Gasteiger partial charge in [0.2, 0.25) is 5.78 Å². The number of ether oxygens (including phenoxy) is 1. The Hall–Kier alpha value is -1.91. The number of likely N-dealkylation sites (N-methyl/N-ethyl adjacent to an activating group) is 1. The minimum atomic E-state index is -0.536. The predicted molar refractivity (Wildman–Crippen MR) is 69.6 cm³/mol. The van der Waals surface area contributed by atoms with Crippen molar-refractivity contribution in [1.82, 2.24) is 4.90 Å². The molecule has 0 aliphatic heterocycles. The van der Waals surface area contributed by atoms with Crippen LogP contribution in [-0.4, -0.2) is 36.8 Å². The van der Waals surface area contributed by atoms with Gasteiger partial charge in [-0.05, 0) is 31.0 Å². The second kappa shape index (κ2) is 6.87. The molecule has 0 aliphatic carbocycles. The molecule has 0 saturated carbocycles. The molecule has 1 aromatic rings. The lowest BCUT2D eigenvalue weighted by Crippen LogP contribution is -2.33. The molecule has 1 aromatic carbocycles. The maximum absolute atomic E-state index is 13.6. The number of amides is 1. The van der Waals surface area contributed by atoms with Crippen molar-refractivity contribution in [3.63, 3.8) is 0 Å². The molecule has 1 rings (SSSR count). The number of carbonyl (C=O) groups excluding carboxylic acids is 2. The van der Waals surface area contributed by atoms with E-state index in [4.69, 9.17) is 4.74 Å². The van der Waals surface area contributed by atoms with E-state index in [9.17, 15) is 14.0 Å². The molecule has 0 aromatic heterocycles. The van der Waals surface area contributed by atoms with Crippen molar-refractivity contribution >= 4 is 11.7 Å². The third-order valence-electron chi connectivity index (χ3n) is 2.68. The van der Waals surface area contributed by atoms with Crippen LogP contribution in [0.15, 0.2) is 18.2 Å². The zero-order valence-corrected chi connectivity index (χ0v) is 11.4. The Balaban J connectivity index is 2.61. The summed E-state index contributed by atoms with van der Waals surface area (Å²) in [5.74, 6) is -1.23. The topological polar surface area (TPSA) is 46.6 Å². The Morgan fingerprint density at radius 2 is 2.05 bits per heavy atom. The molecule has 0 saturated heterocycles. The monoisotopic (exact) mass is 267 g/mol. The zero-order valence-electron chi connectivity index (χ0n) is 11.4. The molecule has 0 heterocycles. The lowest BCUT2D eigenvalue weighted by molar-refractivity contribution is -0.142. The molecule has 0 spiro atoms. The van der Waals surface area contributed by atoms with Gasteiger partial charge in [-0.15, -0.1) is 0 Å². The Bertz CT molecular complexity index is 474. The van der Waals surface area contributed by atoms with Gasteiger partial charge in [0.25, 0.3) is 5.91 Å². The molecule has 1 amide bonds. The summed E-state index contributed by atoms with van der Waals surface area (Å²) in [5, 5.41) is 0. The van der Waals surface area contributed by atoms with Crippen LogP contribution >= 0.6 is 0 Å². The number of carbonyl (C=O) groups is 2. The first-order valence-electron chi connectivity index (χ1n) is 6.13. The second-order valence-electron chi connectivity index (χ2n) is 4.23. The summed E-state index contributed by atoms with van der Waals surface area (Å²) in [5.41, 5.74) is 0.754. The average molecular weight is 267 g/mol. The van der Waals surface area contributed by atoms with E-state index in [0.29, 0.717) is 19.6 Å². The Labute approximate surface area is 112 Å². The van der Waals surface area contributed by atoms with E-state index >= 15 is 0 Å². The molecule has 5 heteroatoms. The van der Waals surface area contributed by atoms with Gasteiger partial charge in [0, 0.05) is 20.5 Å². The van der Waals surface area contributed by atoms with Gasteiger partial charge in [0.1, 0.15) is 0 Å². The van der Waals surface area contributed by atoms with E-state index in [2.05, 4.69) is 0 Å². The SMILES string of the molecule is CCOc1ccc(CCN(C)C(=O)C(C)=O)cc1F. The molecule has 0 fully saturated rings. The normalized spacial score (nSPS) is 10.1.